The highest BCUT2D eigenvalue weighted by Crippen LogP contribution is 2.37. The fraction of sp³-hybridized carbons (Fsp3) is 0.389. The van der Waals surface area contributed by atoms with Crippen molar-refractivity contribution in [1.82, 2.24) is 19.5 Å². The number of rotatable bonds is 5. The van der Waals surface area contributed by atoms with Crippen LogP contribution in [0.4, 0.5) is 11.5 Å². The summed E-state index contributed by atoms with van der Waals surface area (Å²) in [4.78, 5) is 13.7. The molecule has 142 valence electrons. The largest absolute Gasteiger partial charge is 0.493 e. The van der Waals surface area contributed by atoms with Crippen LogP contribution in [0.5, 0.6) is 11.5 Å². The fourth-order valence-corrected chi connectivity index (χ4v) is 3.71. The molecule has 1 aliphatic rings. The van der Waals surface area contributed by atoms with E-state index in [9.17, 15) is 0 Å². The Hall–Kier alpha value is -2.14. The molecule has 9 heteroatoms. The van der Waals surface area contributed by atoms with Gasteiger partial charge in [0.05, 0.1) is 26.2 Å². The number of nitrogens with zero attached hydrogens (tertiary/aromatic N) is 4. The third-order valence-corrected chi connectivity index (χ3v) is 5.00. The van der Waals surface area contributed by atoms with Gasteiger partial charge >= 0.3 is 0 Å². The van der Waals surface area contributed by atoms with Crippen LogP contribution in [0.1, 0.15) is 25.5 Å². The van der Waals surface area contributed by atoms with Gasteiger partial charge in [0.2, 0.25) is 0 Å². The summed E-state index contributed by atoms with van der Waals surface area (Å²) in [5, 5.41) is 3.32. The number of nitrogens with one attached hydrogen (secondary N) is 1. The Morgan fingerprint density at radius 1 is 1.22 bits per heavy atom. The van der Waals surface area contributed by atoms with Crippen LogP contribution in [0, 0.1) is 3.83 Å². The summed E-state index contributed by atoms with van der Waals surface area (Å²) in [5.74, 6) is 1.87. The van der Waals surface area contributed by atoms with Crippen LogP contribution in [-0.4, -0.2) is 40.3 Å². The quantitative estimate of drug-likeness (QED) is 0.438. The minimum atomic E-state index is -0.0337. The number of imidazole rings is 1. The number of benzene rings is 1. The van der Waals surface area contributed by atoms with Crippen molar-refractivity contribution in [3.63, 3.8) is 0 Å². The van der Waals surface area contributed by atoms with E-state index in [0.717, 1.165) is 37.2 Å². The van der Waals surface area contributed by atoms with Gasteiger partial charge in [-0.05, 0) is 31.4 Å². The number of para-hydroxylation sites is 1. The lowest BCUT2D eigenvalue weighted by molar-refractivity contribution is -0.0298. The predicted molar refractivity (Wildman–Crippen MR) is 110 cm³/mol. The first-order valence-electron chi connectivity index (χ1n) is 8.71. The average molecular weight is 481 g/mol. The number of ether oxygens (including phenoxy) is 3. The smallest absolute Gasteiger partial charge is 0.194 e. The number of halogens is 1. The second-order valence-corrected chi connectivity index (χ2v) is 7.12. The standard InChI is InChI=1S/C18H20IN5O3/c1-25-12-7-5-6-11(15(12)26-2)21-16-14-17(23-18(19)22-16)24(10-20-14)13-8-3-4-9-27-13/h5-7,10,13H,3-4,8-9H2,1-2H3,(H,21,22,23). The van der Waals surface area contributed by atoms with Crippen molar-refractivity contribution in [2.45, 2.75) is 25.5 Å². The molecule has 1 saturated heterocycles. The number of hydrogen-bond acceptors (Lipinski definition) is 7. The number of aromatic nitrogens is 4. The highest BCUT2D eigenvalue weighted by Gasteiger charge is 2.21. The molecule has 1 N–H and O–H groups in total. The second kappa shape index (κ2) is 7.85. The van der Waals surface area contributed by atoms with E-state index in [0.29, 0.717) is 26.7 Å². The zero-order valence-corrected chi connectivity index (χ0v) is 17.3. The molecule has 3 aromatic rings. The lowest BCUT2D eigenvalue weighted by Gasteiger charge is -2.23. The number of methoxy groups -OCH3 is 2. The first kappa shape index (κ1) is 18.2. The molecular formula is C18H20IN5O3. The minimum absolute atomic E-state index is 0.0337. The highest BCUT2D eigenvalue weighted by atomic mass is 127. The van der Waals surface area contributed by atoms with Gasteiger partial charge in [0.25, 0.3) is 0 Å². The molecule has 0 bridgehead atoms. The Labute approximate surface area is 170 Å². The van der Waals surface area contributed by atoms with Gasteiger partial charge in [0.1, 0.15) is 6.23 Å². The van der Waals surface area contributed by atoms with Crippen molar-refractivity contribution < 1.29 is 14.2 Å². The Kier molecular flexibility index (Phi) is 5.30. The van der Waals surface area contributed by atoms with Gasteiger partial charge in [-0.15, -0.1) is 0 Å². The average Bonchev–Trinajstić information content (AvgIpc) is 3.12. The molecule has 1 atom stereocenters. The Morgan fingerprint density at radius 3 is 2.85 bits per heavy atom. The van der Waals surface area contributed by atoms with Crippen molar-refractivity contribution in [3.8, 4) is 11.5 Å². The fourth-order valence-electron chi connectivity index (χ4n) is 3.24. The summed E-state index contributed by atoms with van der Waals surface area (Å²) in [6.07, 6.45) is 4.93. The molecule has 2 aromatic heterocycles. The molecular weight excluding hydrogens is 461 g/mol. The zero-order chi connectivity index (χ0) is 18.8. The SMILES string of the molecule is COc1cccc(Nc2nc(I)nc3c2ncn3C2CCCCO2)c1OC. The van der Waals surface area contributed by atoms with Crippen LogP contribution in [-0.2, 0) is 4.74 Å². The van der Waals surface area contributed by atoms with Gasteiger partial charge in [-0.25, -0.2) is 15.0 Å². The summed E-state index contributed by atoms with van der Waals surface area (Å²) >= 11 is 2.11. The van der Waals surface area contributed by atoms with E-state index < -0.39 is 0 Å². The Morgan fingerprint density at radius 2 is 2.11 bits per heavy atom. The maximum Gasteiger partial charge on any atom is 0.194 e. The van der Waals surface area contributed by atoms with Crippen molar-refractivity contribution in [2.75, 3.05) is 26.1 Å². The van der Waals surface area contributed by atoms with Gasteiger partial charge in [-0.1, -0.05) is 6.07 Å². The van der Waals surface area contributed by atoms with E-state index in [2.05, 4.69) is 42.9 Å². The highest BCUT2D eigenvalue weighted by molar-refractivity contribution is 14.1. The van der Waals surface area contributed by atoms with E-state index in [4.69, 9.17) is 14.2 Å². The van der Waals surface area contributed by atoms with Crippen LogP contribution < -0.4 is 14.8 Å². The summed E-state index contributed by atoms with van der Waals surface area (Å²) in [6, 6.07) is 5.64. The van der Waals surface area contributed by atoms with Gasteiger partial charge in [-0.2, -0.15) is 0 Å². The molecule has 0 saturated carbocycles. The van der Waals surface area contributed by atoms with Gasteiger partial charge in [0.15, 0.2) is 32.3 Å². The molecule has 1 aliphatic heterocycles. The predicted octanol–water partition coefficient (Wildman–Crippen LogP) is 3.89. The summed E-state index contributed by atoms with van der Waals surface area (Å²) in [7, 11) is 3.22. The molecule has 0 amide bonds. The Bertz CT molecular complexity index is 956. The summed E-state index contributed by atoms with van der Waals surface area (Å²) in [5.41, 5.74) is 2.19. The second-order valence-electron chi connectivity index (χ2n) is 6.15. The first-order valence-corrected chi connectivity index (χ1v) is 9.79. The van der Waals surface area contributed by atoms with Crippen molar-refractivity contribution >= 4 is 45.3 Å². The molecule has 3 heterocycles. The van der Waals surface area contributed by atoms with E-state index in [-0.39, 0.29) is 6.23 Å². The lowest BCUT2D eigenvalue weighted by Crippen LogP contribution is -2.18. The maximum atomic E-state index is 5.90. The third-order valence-electron chi connectivity index (χ3n) is 4.52. The van der Waals surface area contributed by atoms with Gasteiger partial charge in [-0.3, -0.25) is 4.57 Å². The molecule has 1 fully saturated rings. The number of anilines is 2. The van der Waals surface area contributed by atoms with Crippen molar-refractivity contribution in [1.29, 1.82) is 0 Å². The molecule has 27 heavy (non-hydrogen) atoms. The van der Waals surface area contributed by atoms with Crippen LogP contribution >= 0.6 is 22.6 Å². The molecule has 0 spiro atoms. The molecule has 0 radical (unpaired) electrons. The maximum absolute atomic E-state index is 5.90. The first-order chi connectivity index (χ1) is 13.2. The normalized spacial score (nSPS) is 17.1. The summed E-state index contributed by atoms with van der Waals surface area (Å²) < 4.78 is 19.4. The summed E-state index contributed by atoms with van der Waals surface area (Å²) in [6.45, 7) is 0.763. The van der Waals surface area contributed by atoms with Crippen molar-refractivity contribution in [3.05, 3.63) is 28.4 Å². The van der Waals surface area contributed by atoms with Crippen LogP contribution in [0.3, 0.4) is 0 Å². The molecule has 1 unspecified atom stereocenters. The van der Waals surface area contributed by atoms with E-state index in [1.165, 1.54) is 0 Å². The van der Waals surface area contributed by atoms with Crippen LogP contribution in [0.15, 0.2) is 24.5 Å². The molecule has 1 aromatic carbocycles. The molecule has 0 aliphatic carbocycles. The van der Waals surface area contributed by atoms with Crippen LogP contribution in [0.2, 0.25) is 0 Å². The topological polar surface area (TPSA) is 83.3 Å². The van der Waals surface area contributed by atoms with E-state index >= 15 is 0 Å². The molecule has 4 rings (SSSR count). The number of hydrogen-bond donors (Lipinski definition) is 1. The lowest BCUT2D eigenvalue weighted by atomic mass is 10.2. The van der Waals surface area contributed by atoms with Gasteiger partial charge in [0, 0.05) is 29.2 Å². The monoisotopic (exact) mass is 481 g/mol. The van der Waals surface area contributed by atoms with Crippen molar-refractivity contribution in [2.24, 2.45) is 0 Å². The van der Waals surface area contributed by atoms with E-state index in [1.807, 2.05) is 22.8 Å². The Balaban J connectivity index is 1.76. The number of fused-ring (bicyclic) bond motifs is 1. The van der Waals surface area contributed by atoms with Gasteiger partial charge < -0.3 is 19.5 Å². The molecule has 8 nitrogen and oxygen atoms in total. The van der Waals surface area contributed by atoms with E-state index in [1.54, 1.807) is 20.5 Å². The minimum Gasteiger partial charge on any atom is -0.493 e. The third kappa shape index (κ3) is 3.53. The van der Waals surface area contributed by atoms with Crippen LogP contribution in [0.25, 0.3) is 11.2 Å². The zero-order valence-electron chi connectivity index (χ0n) is 15.1.